The summed E-state index contributed by atoms with van der Waals surface area (Å²) in [6, 6.07) is 1.74. The number of nitrogens with zero attached hydrogens (tertiary/aromatic N) is 1. The molecule has 0 atom stereocenters. The smallest absolute Gasteiger partial charge is 0.268 e. The van der Waals surface area contributed by atoms with Crippen LogP contribution in [-0.2, 0) is 6.54 Å². The maximum Gasteiger partial charge on any atom is 0.268 e. The Morgan fingerprint density at radius 1 is 1.59 bits per heavy atom. The van der Waals surface area contributed by atoms with Crippen LogP contribution in [0.3, 0.4) is 0 Å². The van der Waals surface area contributed by atoms with Gasteiger partial charge in [-0.25, -0.2) is 5.84 Å². The molecule has 96 valence electrons. The summed E-state index contributed by atoms with van der Waals surface area (Å²) in [5.41, 5.74) is 2.61. The second-order valence-electron chi connectivity index (χ2n) is 4.75. The van der Waals surface area contributed by atoms with E-state index in [1.54, 1.807) is 13.0 Å². The highest BCUT2D eigenvalue weighted by Gasteiger charge is 2.15. The van der Waals surface area contributed by atoms with Crippen molar-refractivity contribution in [3.63, 3.8) is 0 Å². The SMILES string of the molecule is Cc1oc(CN(C)CC(C)C)cc1C(=O)NN. The van der Waals surface area contributed by atoms with Crippen molar-refractivity contribution in [2.45, 2.75) is 27.3 Å². The molecule has 17 heavy (non-hydrogen) atoms. The van der Waals surface area contributed by atoms with Crippen LogP contribution in [0.25, 0.3) is 0 Å². The van der Waals surface area contributed by atoms with Crippen LogP contribution in [0, 0.1) is 12.8 Å². The Morgan fingerprint density at radius 3 is 2.76 bits per heavy atom. The van der Waals surface area contributed by atoms with Gasteiger partial charge in [-0.05, 0) is 26.0 Å². The summed E-state index contributed by atoms with van der Waals surface area (Å²) in [5.74, 6) is 6.76. The van der Waals surface area contributed by atoms with Crippen molar-refractivity contribution in [3.8, 4) is 0 Å². The molecule has 0 unspecified atom stereocenters. The summed E-state index contributed by atoms with van der Waals surface area (Å²) in [7, 11) is 2.03. The van der Waals surface area contributed by atoms with Crippen molar-refractivity contribution in [2.75, 3.05) is 13.6 Å². The molecule has 0 radical (unpaired) electrons. The van der Waals surface area contributed by atoms with Crippen LogP contribution in [0.2, 0.25) is 0 Å². The second-order valence-corrected chi connectivity index (χ2v) is 4.75. The summed E-state index contributed by atoms with van der Waals surface area (Å²) in [5, 5.41) is 0. The lowest BCUT2D eigenvalue weighted by atomic mass is 10.2. The Morgan fingerprint density at radius 2 is 2.24 bits per heavy atom. The fourth-order valence-electron chi connectivity index (χ4n) is 1.88. The average molecular weight is 239 g/mol. The summed E-state index contributed by atoms with van der Waals surface area (Å²) in [6.07, 6.45) is 0. The molecule has 5 heteroatoms. The van der Waals surface area contributed by atoms with Gasteiger partial charge in [-0.2, -0.15) is 0 Å². The number of furan rings is 1. The Labute approximate surface area is 102 Å². The third kappa shape index (κ3) is 3.87. The Balaban J connectivity index is 2.70. The molecule has 5 nitrogen and oxygen atoms in total. The van der Waals surface area contributed by atoms with Gasteiger partial charge in [-0.1, -0.05) is 13.8 Å². The van der Waals surface area contributed by atoms with Crippen LogP contribution in [0.5, 0.6) is 0 Å². The van der Waals surface area contributed by atoms with Crippen LogP contribution in [-0.4, -0.2) is 24.4 Å². The van der Waals surface area contributed by atoms with Crippen LogP contribution < -0.4 is 11.3 Å². The molecule has 1 amide bonds. The zero-order chi connectivity index (χ0) is 13.0. The molecule has 0 spiro atoms. The van der Waals surface area contributed by atoms with Crippen LogP contribution >= 0.6 is 0 Å². The predicted octanol–water partition coefficient (Wildman–Crippen LogP) is 1.28. The molecule has 0 aromatic carbocycles. The van der Waals surface area contributed by atoms with Crippen LogP contribution in [0.4, 0.5) is 0 Å². The molecular weight excluding hydrogens is 218 g/mol. The van der Waals surface area contributed by atoms with E-state index >= 15 is 0 Å². The lowest BCUT2D eigenvalue weighted by Crippen LogP contribution is -2.30. The van der Waals surface area contributed by atoms with Crippen molar-refractivity contribution in [1.29, 1.82) is 0 Å². The number of nitrogen functional groups attached to an aromatic ring is 1. The van der Waals surface area contributed by atoms with E-state index in [-0.39, 0.29) is 5.91 Å². The van der Waals surface area contributed by atoms with Gasteiger partial charge in [0.05, 0.1) is 12.1 Å². The number of aryl methyl sites for hydroxylation is 1. The molecule has 0 saturated heterocycles. The van der Waals surface area contributed by atoms with E-state index in [0.717, 1.165) is 12.3 Å². The fraction of sp³-hybridized carbons (Fsp3) is 0.583. The number of carbonyl (C=O) groups excluding carboxylic acids is 1. The van der Waals surface area contributed by atoms with Crippen LogP contribution in [0.1, 0.15) is 35.7 Å². The molecule has 0 fully saturated rings. The monoisotopic (exact) mass is 239 g/mol. The Kier molecular flexibility index (Phi) is 4.72. The number of carbonyl (C=O) groups is 1. The zero-order valence-corrected chi connectivity index (χ0v) is 10.9. The van der Waals surface area contributed by atoms with Gasteiger partial charge in [0.1, 0.15) is 11.5 Å². The molecule has 0 saturated carbocycles. The molecule has 1 rings (SSSR count). The first-order valence-electron chi connectivity index (χ1n) is 5.72. The summed E-state index contributed by atoms with van der Waals surface area (Å²) >= 11 is 0. The molecule has 1 aromatic rings. The minimum Gasteiger partial charge on any atom is -0.464 e. The Hall–Kier alpha value is -1.33. The second kappa shape index (κ2) is 5.84. The molecule has 0 aliphatic heterocycles. The molecule has 0 bridgehead atoms. The molecule has 1 heterocycles. The van der Waals surface area contributed by atoms with Gasteiger partial charge in [-0.15, -0.1) is 0 Å². The number of hydrogen-bond acceptors (Lipinski definition) is 4. The maximum atomic E-state index is 11.4. The Bertz CT molecular complexity index is 385. The average Bonchev–Trinajstić information content (AvgIpc) is 2.56. The molecule has 1 aromatic heterocycles. The van der Waals surface area contributed by atoms with E-state index in [9.17, 15) is 4.79 Å². The van der Waals surface area contributed by atoms with Gasteiger partial charge in [0, 0.05) is 6.54 Å². The first-order valence-corrected chi connectivity index (χ1v) is 5.72. The third-order valence-electron chi connectivity index (χ3n) is 2.45. The number of nitrogens with one attached hydrogen (secondary N) is 1. The molecule has 3 N–H and O–H groups in total. The van der Waals surface area contributed by atoms with Crippen molar-refractivity contribution in [1.82, 2.24) is 10.3 Å². The summed E-state index contributed by atoms with van der Waals surface area (Å²) in [6.45, 7) is 7.76. The standard InChI is InChI=1S/C12H21N3O2/c1-8(2)6-15(4)7-10-5-11(9(3)17-10)12(16)14-13/h5,8H,6-7,13H2,1-4H3,(H,14,16). The number of nitrogens with two attached hydrogens (primary N) is 1. The minimum absolute atomic E-state index is 0.316. The van der Waals surface area contributed by atoms with Crippen molar-refractivity contribution in [2.24, 2.45) is 11.8 Å². The van der Waals surface area contributed by atoms with E-state index in [1.807, 2.05) is 7.05 Å². The first-order chi connectivity index (χ1) is 7.93. The summed E-state index contributed by atoms with van der Waals surface area (Å²) in [4.78, 5) is 13.6. The molecular formula is C12H21N3O2. The lowest BCUT2D eigenvalue weighted by Gasteiger charge is -2.17. The number of hydrogen-bond donors (Lipinski definition) is 2. The molecule has 0 aliphatic rings. The maximum absolute atomic E-state index is 11.4. The predicted molar refractivity (Wildman–Crippen MR) is 66.3 cm³/mol. The van der Waals surface area contributed by atoms with E-state index in [2.05, 4.69) is 24.2 Å². The number of hydrazine groups is 1. The number of rotatable bonds is 5. The largest absolute Gasteiger partial charge is 0.464 e. The highest BCUT2D eigenvalue weighted by Crippen LogP contribution is 2.16. The van der Waals surface area contributed by atoms with Gasteiger partial charge in [-0.3, -0.25) is 15.1 Å². The van der Waals surface area contributed by atoms with E-state index in [0.29, 0.717) is 23.8 Å². The van der Waals surface area contributed by atoms with Gasteiger partial charge in [0.15, 0.2) is 0 Å². The van der Waals surface area contributed by atoms with Crippen molar-refractivity contribution >= 4 is 5.91 Å². The van der Waals surface area contributed by atoms with Crippen molar-refractivity contribution < 1.29 is 9.21 Å². The molecule has 0 aliphatic carbocycles. The van der Waals surface area contributed by atoms with E-state index in [1.165, 1.54) is 0 Å². The van der Waals surface area contributed by atoms with Gasteiger partial charge >= 0.3 is 0 Å². The summed E-state index contributed by atoms with van der Waals surface area (Å²) < 4.78 is 5.53. The van der Waals surface area contributed by atoms with Crippen LogP contribution in [0.15, 0.2) is 10.5 Å². The van der Waals surface area contributed by atoms with Crippen molar-refractivity contribution in [3.05, 3.63) is 23.2 Å². The highest BCUT2D eigenvalue weighted by molar-refractivity contribution is 5.94. The number of amides is 1. The van der Waals surface area contributed by atoms with Gasteiger partial charge in [0.25, 0.3) is 5.91 Å². The van der Waals surface area contributed by atoms with Gasteiger partial charge < -0.3 is 4.42 Å². The lowest BCUT2D eigenvalue weighted by molar-refractivity contribution is 0.0952. The van der Waals surface area contributed by atoms with E-state index in [4.69, 9.17) is 10.3 Å². The first kappa shape index (κ1) is 13.7. The fourth-order valence-corrected chi connectivity index (χ4v) is 1.88. The third-order valence-corrected chi connectivity index (χ3v) is 2.45. The highest BCUT2D eigenvalue weighted by atomic mass is 16.3. The normalized spacial score (nSPS) is 11.2. The topological polar surface area (TPSA) is 71.5 Å². The quantitative estimate of drug-likeness (QED) is 0.461. The zero-order valence-electron chi connectivity index (χ0n) is 10.9. The van der Waals surface area contributed by atoms with Gasteiger partial charge in [0.2, 0.25) is 0 Å². The minimum atomic E-state index is -0.316. The van der Waals surface area contributed by atoms with E-state index < -0.39 is 0 Å².